The number of fused-ring (bicyclic) bond motifs is 3. The molecule has 3 atom stereocenters. The maximum absolute atomic E-state index is 13.4. The van der Waals surface area contributed by atoms with Crippen molar-refractivity contribution in [2.24, 2.45) is 11.8 Å². The van der Waals surface area contributed by atoms with Crippen molar-refractivity contribution in [2.75, 3.05) is 13.2 Å². The summed E-state index contributed by atoms with van der Waals surface area (Å²) in [6.07, 6.45) is -6.04. The fourth-order valence-electron chi connectivity index (χ4n) is 3.86. The fraction of sp³-hybridized carbons (Fsp3) is 0.375. The van der Waals surface area contributed by atoms with Gasteiger partial charge in [-0.2, -0.15) is 13.2 Å². The van der Waals surface area contributed by atoms with Crippen LogP contribution in [0, 0.1) is 11.8 Å². The Balaban J connectivity index is 1.61. The first kappa shape index (κ1) is 25.1. The van der Waals surface area contributed by atoms with Crippen LogP contribution in [0.1, 0.15) is 30.9 Å². The summed E-state index contributed by atoms with van der Waals surface area (Å²) in [4.78, 5) is 35.3. The van der Waals surface area contributed by atoms with E-state index in [1.807, 2.05) is 53.8 Å². The van der Waals surface area contributed by atoms with Gasteiger partial charge in [0.25, 0.3) is 0 Å². The predicted molar refractivity (Wildman–Crippen MR) is 117 cm³/mol. The minimum atomic E-state index is -4.95. The smallest absolute Gasteiger partial charge is 0.407 e. The number of nitrogens with one attached hydrogen (secondary N) is 2. The Morgan fingerprint density at radius 3 is 2.03 bits per heavy atom. The van der Waals surface area contributed by atoms with Crippen LogP contribution in [0.5, 0.6) is 0 Å². The number of rotatable bonds is 8. The molecule has 7 nitrogen and oxygen atoms in total. The molecule has 1 aliphatic rings. The maximum Gasteiger partial charge on any atom is 0.407 e. The minimum Gasteiger partial charge on any atom is -0.481 e. The van der Waals surface area contributed by atoms with Gasteiger partial charge in [-0.25, -0.2) is 4.79 Å². The molecule has 0 aliphatic heterocycles. The number of amides is 2. The number of carbonyl (C=O) groups is 3. The van der Waals surface area contributed by atoms with Crippen LogP contribution in [0.25, 0.3) is 11.1 Å². The number of hydrogen-bond donors (Lipinski definition) is 3. The lowest BCUT2D eigenvalue weighted by Crippen LogP contribution is -2.50. The number of ether oxygens (including phenoxy) is 1. The van der Waals surface area contributed by atoms with Crippen LogP contribution in [-0.2, 0) is 14.3 Å². The molecule has 0 heterocycles. The van der Waals surface area contributed by atoms with Gasteiger partial charge in [-0.15, -0.1) is 0 Å². The van der Waals surface area contributed by atoms with Crippen molar-refractivity contribution in [3.8, 4) is 11.1 Å². The zero-order valence-corrected chi connectivity index (χ0v) is 18.6. The van der Waals surface area contributed by atoms with Gasteiger partial charge in [0.1, 0.15) is 6.61 Å². The number of alkyl carbamates (subject to hydrolysis) is 1. The highest BCUT2D eigenvalue weighted by Crippen LogP contribution is 2.44. The van der Waals surface area contributed by atoms with Gasteiger partial charge < -0.3 is 20.5 Å². The molecule has 3 N–H and O–H groups in total. The highest BCUT2D eigenvalue weighted by Gasteiger charge is 2.45. The monoisotopic (exact) mass is 478 g/mol. The van der Waals surface area contributed by atoms with E-state index in [2.05, 4.69) is 5.32 Å². The third-order valence-electron chi connectivity index (χ3n) is 6.02. The van der Waals surface area contributed by atoms with E-state index in [0.29, 0.717) is 0 Å². The number of halogens is 3. The van der Waals surface area contributed by atoms with Crippen LogP contribution >= 0.6 is 0 Å². The van der Waals surface area contributed by atoms with Crippen LogP contribution in [-0.4, -0.2) is 48.4 Å². The fourth-order valence-corrected chi connectivity index (χ4v) is 3.86. The maximum atomic E-state index is 13.4. The summed E-state index contributed by atoms with van der Waals surface area (Å²) in [6, 6.07) is 14.2. The van der Waals surface area contributed by atoms with E-state index < -0.39 is 48.6 Å². The van der Waals surface area contributed by atoms with Crippen molar-refractivity contribution >= 4 is 18.0 Å². The number of benzene rings is 2. The molecule has 10 heteroatoms. The van der Waals surface area contributed by atoms with E-state index in [0.717, 1.165) is 22.3 Å². The van der Waals surface area contributed by atoms with Gasteiger partial charge in [-0.1, -0.05) is 48.5 Å². The molecule has 0 saturated heterocycles. The second kappa shape index (κ2) is 10.1. The highest BCUT2D eigenvalue weighted by molar-refractivity contribution is 5.82. The van der Waals surface area contributed by atoms with Crippen molar-refractivity contribution in [1.82, 2.24) is 10.6 Å². The van der Waals surface area contributed by atoms with Crippen LogP contribution < -0.4 is 10.6 Å². The lowest BCUT2D eigenvalue weighted by molar-refractivity contribution is -0.181. The van der Waals surface area contributed by atoms with Crippen molar-refractivity contribution < 1.29 is 37.4 Å². The molecule has 3 rings (SSSR count). The van der Waals surface area contributed by atoms with Gasteiger partial charge >= 0.3 is 18.2 Å². The Morgan fingerprint density at radius 1 is 1.00 bits per heavy atom. The lowest BCUT2D eigenvalue weighted by atomic mass is 9.98. The van der Waals surface area contributed by atoms with Crippen molar-refractivity contribution in [1.29, 1.82) is 0 Å². The third kappa shape index (κ3) is 5.49. The molecule has 3 unspecified atom stereocenters. The minimum absolute atomic E-state index is 0.0874. The molecule has 0 fully saturated rings. The molecule has 0 saturated carbocycles. The molecule has 34 heavy (non-hydrogen) atoms. The normalized spacial score (nSPS) is 15.4. The Morgan fingerprint density at radius 2 is 1.53 bits per heavy atom. The molecule has 0 aromatic heterocycles. The summed E-state index contributed by atoms with van der Waals surface area (Å²) in [6.45, 7) is 1.43. The van der Waals surface area contributed by atoms with Gasteiger partial charge in [0.2, 0.25) is 5.91 Å². The quantitative estimate of drug-likeness (QED) is 0.533. The standard InChI is InChI=1S/C24H25F3N2O5/c1-13(22(31)32)14(2)29-21(30)20(24(25,26)27)11-28-23(33)34-12-19-17-9-5-3-7-15(17)16-8-4-6-10-18(16)19/h3-10,13-14,19-20H,11-12H2,1-2H3,(H,28,33)(H,29,30)(H,31,32). The van der Waals surface area contributed by atoms with Gasteiger partial charge in [0.05, 0.1) is 5.92 Å². The summed E-state index contributed by atoms with van der Waals surface area (Å²) in [7, 11) is 0. The predicted octanol–water partition coefficient (Wildman–Crippen LogP) is 3.93. The Bertz CT molecular complexity index is 1030. The van der Waals surface area contributed by atoms with E-state index in [4.69, 9.17) is 9.84 Å². The Hall–Kier alpha value is -3.56. The molecule has 0 bridgehead atoms. The van der Waals surface area contributed by atoms with Crippen LogP contribution in [0.4, 0.5) is 18.0 Å². The number of aliphatic carboxylic acids is 1. The van der Waals surface area contributed by atoms with Crippen molar-refractivity contribution in [2.45, 2.75) is 32.0 Å². The topological polar surface area (TPSA) is 105 Å². The van der Waals surface area contributed by atoms with E-state index in [9.17, 15) is 27.6 Å². The number of alkyl halides is 3. The van der Waals surface area contributed by atoms with E-state index in [-0.39, 0.29) is 12.5 Å². The van der Waals surface area contributed by atoms with E-state index in [1.165, 1.54) is 13.8 Å². The van der Waals surface area contributed by atoms with Gasteiger partial charge in [-0.05, 0) is 36.1 Å². The molecule has 2 amide bonds. The average molecular weight is 478 g/mol. The van der Waals surface area contributed by atoms with Crippen LogP contribution in [0.2, 0.25) is 0 Å². The summed E-state index contributed by atoms with van der Waals surface area (Å²) >= 11 is 0. The SMILES string of the molecule is CC(NC(=O)C(CNC(=O)OCC1c2ccccc2-c2ccccc21)C(F)(F)F)C(C)C(=O)O. The van der Waals surface area contributed by atoms with E-state index >= 15 is 0 Å². The molecule has 0 radical (unpaired) electrons. The number of carbonyl (C=O) groups excluding carboxylic acids is 2. The summed E-state index contributed by atoms with van der Waals surface area (Å²) in [5.41, 5.74) is 3.91. The zero-order chi connectivity index (χ0) is 25.0. The third-order valence-corrected chi connectivity index (χ3v) is 6.02. The molecule has 1 aliphatic carbocycles. The highest BCUT2D eigenvalue weighted by atomic mass is 19.4. The van der Waals surface area contributed by atoms with Crippen LogP contribution in [0.3, 0.4) is 0 Å². The van der Waals surface area contributed by atoms with Crippen molar-refractivity contribution in [3.63, 3.8) is 0 Å². The van der Waals surface area contributed by atoms with Gasteiger partial charge in [0, 0.05) is 18.5 Å². The second-order valence-electron chi connectivity index (χ2n) is 8.22. The number of hydrogen-bond acceptors (Lipinski definition) is 4. The molecular weight excluding hydrogens is 453 g/mol. The first-order valence-corrected chi connectivity index (χ1v) is 10.7. The van der Waals surface area contributed by atoms with Gasteiger partial charge in [-0.3, -0.25) is 9.59 Å². The summed E-state index contributed by atoms with van der Waals surface area (Å²) < 4.78 is 45.5. The molecular formula is C24H25F3N2O5. The molecule has 2 aromatic carbocycles. The number of carboxylic acids is 1. The van der Waals surface area contributed by atoms with E-state index in [1.54, 1.807) is 0 Å². The Labute approximate surface area is 194 Å². The largest absolute Gasteiger partial charge is 0.481 e. The van der Waals surface area contributed by atoms with Crippen molar-refractivity contribution in [3.05, 3.63) is 59.7 Å². The first-order chi connectivity index (χ1) is 16.0. The van der Waals surface area contributed by atoms with Crippen LogP contribution in [0.15, 0.2) is 48.5 Å². The number of carboxylic acid groups (broad SMARTS) is 1. The zero-order valence-electron chi connectivity index (χ0n) is 18.6. The first-order valence-electron chi connectivity index (χ1n) is 10.7. The molecule has 182 valence electrons. The summed E-state index contributed by atoms with van der Waals surface area (Å²) in [5, 5.41) is 13.0. The second-order valence-corrected chi connectivity index (χ2v) is 8.22. The molecule has 0 spiro atoms. The van der Waals surface area contributed by atoms with Gasteiger partial charge in [0.15, 0.2) is 5.92 Å². The Kier molecular flexibility index (Phi) is 7.48. The molecule has 2 aromatic rings. The summed E-state index contributed by atoms with van der Waals surface area (Å²) in [5.74, 6) is -6.59. The lowest BCUT2D eigenvalue weighted by Gasteiger charge is -2.24. The average Bonchev–Trinajstić information content (AvgIpc) is 3.10.